The van der Waals surface area contributed by atoms with E-state index in [1.807, 2.05) is 84.0 Å². The molecule has 1 N–H and O–H groups in total. The Morgan fingerprint density at radius 1 is 0.913 bits per heavy atom. The van der Waals surface area contributed by atoms with Gasteiger partial charge in [-0.15, -0.1) is 0 Å². The first kappa shape index (κ1) is 17.3. The van der Waals surface area contributed by atoms with Gasteiger partial charge in [0.2, 0.25) is 5.78 Å². The molecule has 1 aliphatic carbocycles. The molecule has 1 aromatic rings. The number of ketones is 1. The van der Waals surface area contributed by atoms with E-state index in [0.717, 1.165) is 11.1 Å². The fourth-order valence-corrected chi connectivity index (χ4v) is 2.86. The number of hydrogen-bond donors (Lipinski definition) is 1. The summed E-state index contributed by atoms with van der Waals surface area (Å²) in [6.45, 7) is 12.0. The van der Waals surface area contributed by atoms with Crippen LogP contribution in [0.4, 0.5) is 0 Å². The number of allylic oxidation sites excluding steroid dienone is 4. The molecule has 0 spiro atoms. The average molecular weight is 310 g/mol. The van der Waals surface area contributed by atoms with Crippen LogP contribution in [0.3, 0.4) is 0 Å². The second-order valence-corrected chi connectivity index (χ2v) is 8.12. The summed E-state index contributed by atoms with van der Waals surface area (Å²) < 4.78 is 0. The molecule has 0 radical (unpaired) electrons. The van der Waals surface area contributed by atoms with Crippen LogP contribution in [0.25, 0.3) is 6.08 Å². The predicted molar refractivity (Wildman–Crippen MR) is 96.1 cm³/mol. The number of aliphatic hydroxyl groups is 1. The van der Waals surface area contributed by atoms with Crippen LogP contribution < -0.4 is 0 Å². The topological polar surface area (TPSA) is 37.3 Å². The van der Waals surface area contributed by atoms with Crippen molar-refractivity contribution in [1.29, 1.82) is 0 Å². The Hall–Kier alpha value is -2.09. The van der Waals surface area contributed by atoms with Gasteiger partial charge in [0.15, 0.2) is 5.76 Å². The lowest BCUT2D eigenvalue weighted by Gasteiger charge is -2.32. The normalized spacial score (nSPS) is 18.4. The van der Waals surface area contributed by atoms with Crippen LogP contribution in [-0.2, 0) is 4.79 Å². The van der Waals surface area contributed by atoms with Crippen LogP contribution in [0.15, 0.2) is 58.9 Å². The minimum atomic E-state index is -0.319. The van der Waals surface area contributed by atoms with Gasteiger partial charge in [-0.2, -0.15) is 0 Å². The van der Waals surface area contributed by atoms with Crippen molar-refractivity contribution in [2.24, 2.45) is 10.8 Å². The summed E-state index contributed by atoms with van der Waals surface area (Å²) in [5.74, 6) is -0.375. The maximum absolute atomic E-state index is 12.6. The third-order valence-electron chi connectivity index (χ3n) is 3.96. The van der Waals surface area contributed by atoms with Crippen LogP contribution in [0.5, 0.6) is 0 Å². The van der Waals surface area contributed by atoms with Crippen LogP contribution in [0.1, 0.15) is 47.1 Å². The van der Waals surface area contributed by atoms with E-state index in [-0.39, 0.29) is 22.4 Å². The Balaban J connectivity index is 2.69. The number of hydrogen-bond acceptors (Lipinski definition) is 2. The predicted octanol–water partition coefficient (Wildman–Crippen LogP) is 5.48. The van der Waals surface area contributed by atoms with E-state index in [4.69, 9.17) is 0 Å². The molecule has 0 saturated heterocycles. The van der Waals surface area contributed by atoms with Gasteiger partial charge >= 0.3 is 0 Å². The van der Waals surface area contributed by atoms with Crippen LogP contribution in [-0.4, -0.2) is 10.9 Å². The van der Waals surface area contributed by atoms with Crippen molar-refractivity contribution in [2.45, 2.75) is 41.5 Å². The molecule has 0 atom stereocenters. The van der Waals surface area contributed by atoms with E-state index in [0.29, 0.717) is 11.1 Å². The van der Waals surface area contributed by atoms with Crippen molar-refractivity contribution >= 4 is 11.9 Å². The number of rotatable bonds is 1. The Morgan fingerprint density at radius 3 is 1.96 bits per heavy atom. The fraction of sp³-hybridized carbons (Fsp3) is 0.381. The molecule has 2 nitrogen and oxygen atoms in total. The molecule has 0 unspecified atom stereocenters. The Bertz CT molecular complexity index is 702. The number of carbonyl (C=O) groups is 1. The fourth-order valence-electron chi connectivity index (χ4n) is 2.86. The van der Waals surface area contributed by atoms with Crippen molar-refractivity contribution in [2.75, 3.05) is 0 Å². The summed E-state index contributed by atoms with van der Waals surface area (Å²) in [5.41, 5.74) is 2.68. The van der Waals surface area contributed by atoms with Gasteiger partial charge in [-0.25, -0.2) is 0 Å². The van der Waals surface area contributed by atoms with E-state index >= 15 is 0 Å². The zero-order valence-corrected chi connectivity index (χ0v) is 14.9. The van der Waals surface area contributed by atoms with Crippen molar-refractivity contribution in [3.8, 4) is 0 Å². The van der Waals surface area contributed by atoms with Gasteiger partial charge in [0.1, 0.15) is 0 Å². The maximum atomic E-state index is 12.6. The molecule has 1 aliphatic rings. The summed E-state index contributed by atoms with van der Waals surface area (Å²) in [6.07, 6.45) is 3.98. The molecule has 0 bridgehead atoms. The number of Topliss-reactive ketones (excluding diaryl/α,β-unsaturated/α-hetero) is 1. The zero-order chi connectivity index (χ0) is 17.4. The van der Waals surface area contributed by atoms with Crippen molar-refractivity contribution in [1.82, 2.24) is 0 Å². The average Bonchev–Trinajstić information content (AvgIpc) is 2.41. The summed E-state index contributed by atoms with van der Waals surface area (Å²) >= 11 is 0. The molecule has 0 fully saturated rings. The summed E-state index contributed by atoms with van der Waals surface area (Å²) in [5, 5.41) is 10.6. The van der Waals surface area contributed by atoms with Gasteiger partial charge in [-0.05, 0) is 34.1 Å². The third kappa shape index (κ3) is 3.64. The number of benzene rings is 1. The first-order chi connectivity index (χ1) is 10.5. The van der Waals surface area contributed by atoms with Crippen molar-refractivity contribution in [3.05, 3.63) is 64.4 Å². The molecular formula is C21H26O2. The molecule has 0 amide bonds. The lowest BCUT2D eigenvalue weighted by Crippen LogP contribution is -2.27. The van der Waals surface area contributed by atoms with Gasteiger partial charge in [0, 0.05) is 11.1 Å². The number of carbonyl (C=O) groups excluding carboxylic acids is 1. The van der Waals surface area contributed by atoms with E-state index < -0.39 is 0 Å². The van der Waals surface area contributed by atoms with E-state index in [1.54, 1.807) is 0 Å². The summed E-state index contributed by atoms with van der Waals surface area (Å²) in [4.78, 5) is 12.6. The standard InChI is InChI=1S/C21H26O2/c1-20(2,3)16-13-15(12-14-10-8-7-9-11-14)17(21(4,5)6)19(23)18(16)22/h7-13,23H,1-6H3. The Labute approximate surface area is 139 Å². The molecule has 0 saturated carbocycles. The van der Waals surface area contributed by atoms with E-state index in [9.17, 15) is 9.90 Å². The highest BCUT2D eigenvalue weighted by Gasteiger charge is 2.36. The first-order valence-corrected chi connectivity index (χ1v) is 7.99. The minimum absolute atomic E-state index is 0.118. The van der Waals surface area contributed by atoms with E-state index in [2.05, 4.69) is 0 Å². The largest absolute Gasteiger partial charge is 0.504 e. The van der Waals surface area contributed by atoms with Crippen molar-refractivity contribution < 1.29 is 9.90 Å². The molecule has 0 heterocycles. The number of aliphatic hydroxyl groups excluding tert-OH is 1. The van der Waals surface area contributed by atoms with Gasteiger partial charge in [0.25, 0.3) is 0 Å². The highest BCUT2D eigenvalue weighted by molar-refractivity contribution is 6.10. The van der Waals surface area contributed by atoms with Gasteiger partial charge in [-0.3, -0.25) is 4.79 Å². The highest BCUT2D eigenvalue weighted by Crippen LogP contribution is 2.42. The van der Waals surface area contributed by atoms with Gasteiger partial charge in [0.05, 0.1) is 0 Å². The van der Waals surface area contributed by atoms with E-state index in [1.165, 1.54) is 0 Å². The quantitative estimate of drug-likeness (QED) is 0.745. The molecule has 0 aromatic heterocycles. The van der Waals surface area contributed by atoms with Crippen molar-refractivity contribution in [3.63, 3.8) is 0 Å². The Morgan fingerprint density at radius 2 is 1.48 bits per heavy atom. The van der Waals surface area contributed by atoms with Crippen LogP contribution in [0, 0.1) is 10.8 Å². The lowest BCUT2D eigenvalue weighted by molar-refractivity contribution is -0.115. The highest BCUT2D eigenvalue weighted by atomic mass is 16.3. The molecule has 0 aliphatic heterocycles. The Kier molecular flexibility index (Phi) is 4.39. The lowest BCUT2D eigenvalue weighted by atomic mass is 9.72. The second-order valence-electron chi connectivity index (χ2n) is 8.12. The molecular weight excluding hydrogens is 284 g/mol. The summed E-state index contributed by atoms with van der Waals surface area (Å²) in [7, 11) is 0. The molecule has 2 rings (SSSR count). The molecule has 23 heavy (non-hydrogen) atoms. The SMILES string of the molecule is CC(C)(C)C1=CC(=Cc2ccccc2)C(C(C)(C)C)=C(O)C1=O. The third-order valence-corrected chi connectivity index (χ3v) is 3.96. The molecule has 2 heteroatoms. The smallest absolute Gasteiger partial charge is 0.224 e. The van der Waals surface area contributed by atoms with Crippen LogP contribution in [0.2, 0.25) is 0 Å². The maximum Gasteiger partial charge on any atom is 0.224 e. The van der Waals surface area contributed by atoms with Crippen LogP contribution >= 0.6 is 0 Å². The minimum Gasteiger partial charge on any atom is -0.504 e. The van der Waals surface area contributed by atoms with Gasteiger partial charge in [-0.1, -0.05) is 71.9 Å². The monoisotopic (exact) mass is 310 g/mol. The zero-order valence-electron chi connectivity index (χ0n) is 14.9. The van der Waals surface area contributed by atoms with Gasteiger partial charge < -0.3 is 5.11 Å². The molecule has 122 valence electrons. The summed E-state index contributed by atoms with van der Waals surface area (Å²) in [6, 6.07) is 9.97. The second kappa shape index (κ2) is 5.84. The first-order valence-electron chi connectivity index (χ1n) is 7.99. The molecule has 1 aromatic carbocycles.